The second kappa shape index (κ2) is 9.44. The fourth-order valence-corrected chi connectivity index (χ4v) is 2.94. The predicted octanol–water partition coefficient (Wildman–Crippen LogP) is 3.41. The molecule has 1 aromatic rings. The van der Waals surface area contributed by atoms with Crippen LogP contribution in [0.25, 0.3) is 0 Å². The summed E-state index contributed by atoms with van der Waals surface area (Å²) in [5, 5.41) is 5.57. The minimum Gasteiger partial charge on any atom is -0.372 e. The molecule has 2 amide bonds. The number of anilines is 2. The first-order valence-corrected chi connectivity index (χ1v) is 9.35. The van der Waals surface area contributed by atoms with Crippen LogP contribution in [0.4, 0.5) is 11.4 Å². The standard InChI is InChI=1S/C20H31N3O2/c1-15(2)8-11-21-19(24)14-20(25)22-17-4-6-18(7-5-17)23-12-9-16(3)10-13-23/h4-7,15-16H,8-14H2,1-3H3,(H,21,24)(H,22,25). The monoisotopic (exact) mass is 345 g/mol. The molecule has 0 atom stereocenters. The maximum absolute atomic E-state index is 12.0. The molecule has 5 nitrogen and oxygen atoms in total. The van der Waals surface area contributed by atoms with Gasteiger partial charge in [0.25, 0.3) is 0 Å². The molecule has 1 heterocycles. The molecule has 2 rings (SSSR count). The van der Waals surface area contributed by atoms with Gasteiger partial charge in [0.15, 0.2) is 0 Å². The highest BCUT2D eigenvalue weighted by Gasteiger charge is 2.16. The van der Waals surface area contributed by atoms with Gasteiger partial charge in [0.05, 0.1) is 0 Å². The molecule has 1 aromatic carbocycles. The Kier molecular flexibility index (Phi) is 7.29. The van der Waals surface area contributed by atoms with Gasteiger partial charge in [-0.2, -0.15) is 0 Å². The summed E-state index contributed by atoms with van der Waals surface area (Å²) < 4.78 is 0. The lowest BCUT2D eigenvalue weighted by molar-refractivity contribution is -0.126. The molecule has 0 aromatic heterocycles. The van der Waals surface area contributed by atoms with Crippen molar-refractivity contribution in [3.63, 3.8) is 0 Å². The number of nitrogens with zero attached hydrogens (tertiary/aromatic N) is 1. The van der Waals surface area contributed by atoms with Crippen molar-refractivity contribution in [3.8, 4) is 0 Å². The molecule has 0 unspecified atom stereocenters. The summed E-state index contributed by atoms with van der Waals surface area (Å²) in [4.78, 5) is 26.1. The van der Waals surface area contributed by atoms with Crippen molar-refractivity contribution in [2.45, 2.75) is 46.5 Å². The molecule has 0 aliphatic carbocycles. The van der Waals surface area contributed by atoms with Crippen LogP contribution >= 0.6 is 0 Å². The lowest BCUT2D eigenvalue weighted by atomic mass is 9.99. The van der Waals surface area contributed by atoms with Crippen LogP contribution in [0.1, 0.15) is 46.5 Å². The molecule has 0 radical (unpaired) electrons. The third kappa shape index (κ3) is 6.77. The van der Waals surface area contributed by atoms with Crippen molar-refractivity contribution >= 4 is 23.2 Å². The lowest BCUT2D eigenvalue weighted by Gasteiger charge is -2.32. The summed E-state index contributed by atoms with van der Waals surface area (Å²) in [6.45, 7) is 9.30. The zero-order valence-electron chi connectivity index (χ0n) is 15.7. The molecular formula is C20H31N3O2. The Morgan fingerprint density at radius 2 is 1.76 bits per heavy atom. The first-order valence-electron chi connectivity index (χ1n) is 9.35. The Morgan fingerprint density at radius 3 is 2.36 bits per heavy atom. The number of hydrogen-bond acceptors (Lipinski definition) is 3. The average Bonchev–Trinajstić information content (AvgIpc) is 2.56. The van der Waals surface area contributed by atoms with E-state index in [-0.39, 0.29) is 18.2 Å². The SMILES string of the molecule is CC(C)CCNC(=O)CC(=O)Nc1ccc(N2CCC(C)CC2)cc1. The molecule has 25 heavy (non-hydrogen) atoms. The van der Waals surface area contributed by atoms with E-state index in [2.05, 4.69) is 36.3 Å². The molecule has 5 heteroatoms. The van der Waals surface area contributed by atoms with Crippen molar-refractivity contribution in [2.24, 2.45) is 11.8 Å². The van der Waals surface area contributed by atoms with Crippen LogP contribution in [-0.4, -0.2) is 31.4 Å². The highest BCUT2D eigenvalue weighted by molar-refractivity contribution is 6.03. The molecule has 2 N–H and O–H groups in total. The van der Waals surface area contributed by atoms with Crippen LogP contribution in [-0.2, 0) is 9.59 Å². The molecule has 138 valence electrons. The third-order valence-electron chi connectivity index (χ3n) is 4.66. The first-order chi connectivity index (χ1) is 11.9. The van der Waals surface area contributed by atoms with Gasteiger partial charge in [-0.15, -0.1) is 0 Å². The van der Waals surface area contributed by atoms with E-state index in [1.165, 1.54) is 18.5 Å². The smallest absolute Gasteiger partial charge is 0.233 e. The van der Waals surface area contributed by atoms with Gasteiger partial charge in [0, 0.05) is 31.0 Å². The Hall–Kier alpha value is -2.04. The topological polar surface area (TPSA) is 61.4 Å². The second-order valence-electron chi connectivity index (χ2n) is 7.47. The van der Waals surface area contributed by atoms with Crippen LogP contribution in [0.5, 0.6) is 0 Å². The molecule has 1 aliphatic rings. The summed E-state index contributed by atoms with van der Waals surface area (Å²) >= 11 is 0. The number of hydrogen-bond donors (Lipinski definition) is 2. The minimum absolute atomic E-state index is 0.135. The second-order valence-corrected chi connectivity index (χ2v) is 7.47. The largest absolute Gasteiger partial charge is 0.372 e. The van der Waals surface area contributed by atoms with Gasteiger partial charge in [-0.3, -0.25) is 9.59 Å². The van der Waals surface area contributed by atoms with Gasteiger partial charge >= 0.3 is 0 Å². The fourth-order valence-electron chi connectivity index (χ4n) is 2.94. The van der Waals surface area contributed by atoms with Gasteiger partial charge in [-0.1, -0.05) is 20.8 Å². The summed E-state index contributed by atoms with van der Waals surface area (Å²) in [6.07, 6.45) is 3.24. The molecule has 1 saturated heterocycles. The van der Waals surface area contributed by atoms with Gasteiger partial charge < -0.3 is 15.5 Å². The first kappa shape index (κ1) is 19.3. The number of carbonyl (C=O) groups excluding carboxylic acids is 2. The number of benzene rings is 1. The average molecular weight is 345 g/mol. The highest BCUT2D eigenvalue weighted by Crippen LogP contribution is 2.24. The summed E-state index contributed by atoms with van der Waals surface area (Å²) in [7, 11) is 0. The summed E-state index contributed by atoms with van der Waals surface area (Å²) in [6, 6.07) is 7.88. The van der Waals surface area contributed by atoms with E-state index in [1.807, 2.05) is 24.3 Å². The van der Waals surface area contributed by atoms with Crippen molar-refractivity contribution in [1.82, 2.24) is 5.32 Å². The molecular weight excluding hydrogens is 314 g/mol. The molecule has 0 spiro atoms. The molecule has 0 bridgehead atoms. The molecule has 1 fully saturated rings. The van der Waals surface area contributed by atoms with Crippen LogP contribution in [0, 0.1) is 11.8 Å². The van der Waals surface area contributed by atoms with Crippen LogP contribution in [0.15, 0.2) is 24.3 Å². The van der Waals surface area contributed by atoms with Crippen LogP contribution in [0.3, 0.4) is 0 Å². The number of amides is 2. The van der Waals surface area contributed by atoms with Crippen molar-refractivity contribution in [2.75, 3.05) is 29.9 Å². The Labute approximate surface area is 151 Å². The lowest BCUT2D eigenvalue weighted by Crippen LogP contribution is -2.32. The van der Waals surface area contributed by atoms with Crippen LogP contribution < -0.4 is 15.5 Å². The van der Waals surface area contributed by atoms with E-state index < -0.39 is 0 Å². The number of nitrogens with one attached hydrogen (secondary N) is 2. The highest BCUT2D eigenvalue weighted by atomic mass is 16.2. The van der Waals surface area contributed by atoms with Crippen molar-refractivity contribution in [3.05, 3.63) is 24.3 Å². The van der Waals surface area contributed by atoms with Crippen molar-refractivity contribution < 1.29 is 9.59 Å². The zero-order chi connectivity index (χ0) is 18.2. The maximum Gasteiger partial charge on any atom is 0.233 e. The van der Waals surface area contributed by atoms with Crippen LogP contribution in [0.2, 0.25) is 0 Å². The number of piperidine rings is 1. The van der Waals surface area contributed by atoms with Gasteiger partial charge in [-0.25, -0.2) is 0 Å². The van der Waals surface area contributed by atoms with E-state index in [4.69, 9.17) is 0 Å². The van der Waals surface area contributed by atoms with Gasteiger partial charge in [0.2, 0.25) is 11.8 Å². The summed E-state index contributed by atoms with van der Waals surface area (Å²) in [5.41, 5.74) is 1.92. The molecule has 0 saturated carbocycles. The van der Waals surface area contributed by atoms with Crippen molar-refractivity contribution in [1.29, 1.82) is 0 Å². The van der Waals surface area contributed by atoms with E-state index >= 15 is 0 Å². The minimum atomic E-state index is -0.276. The van der Waals surface area contributed by atoms with Gasteiger partial charge in [0.1, 0.15) is 6.42 Å². The normalized spacial score (nSPS) is 15.3. The quantitative estimate of drug-likeness (QED) is 0.745. The maximum atomic E-state index is 12.0. The third-order valence-corrected chi connectivity index (χ3v) is 4.66. The van der Waals surface area contributed by atoms with Gasteiger partial charge in [-0.05, 0) is 55.4 Å². The number of carbonyl (C=O) groups is 2. The molecule has 1 aliphatic heterocycles. The summed E-state index contributed by atoms with van der Waals surface area (Å²) in [5.74, 6) is 0.844. The Bertz CT molecular complexity index is 561. The predicted molar refractivity (Wildman–Crippen MR) is 103 cm³/mol. The Balaban J connectivity index is 1.76. The van der Waals surface area contributed by atoms with E-state index in [0.29, 0.717) is 12.5 Å². The zero-order valence-corrected chi connectivity index (χ0v) is 15.7. The van der Waals surface area contributed by atoms with E-state index in [1.54, 1.807) is 0 Å². The Morgan fingerprint density at radius 1 is 1.12 bits per heavy atom. The van der Waals surface area contributed by atoms with E-state index in [9.17, 15) is 9.59 Å². The van der Waals surface area contributed by atoms with E-state index in [0.717, 1.165) is 31.1 Å². The number of rotatable bonds is 7. The fraction of sp³-hybridized carbons (Fsp3) is 0.600.